The summed E-state index contributed by atoms with van der Waals surface area (Å²) in [5.74, 6) is -0.306. The van der Waals surface area contributed by atoms with Gasteiger partial charge in [-0.05, 0) is 13.8 Å². The molecule has 0 amide bonds. The monoisotopic (exact) mass is 211 g/mol. The molecule has 0 unspecified atom stereocenters. The summed E-state index contributed by atoms with van der Waals surface area (Å²) in [6.07, 6.45) is 3.73. The zero-order chi connectivity index (χ0) is 11.4. The number of carbonyl (C=O) groups is 1. The normalized spacial score (nSPS) is 12.9. The maximum atomic E-state index is 11.0. The molecule has 1 rings (SSSR count). The average molecular weight is 211 g/mol. The number of hydrogen-bond donors (Lipinski definition) is 1. The molecule has 0 fully saturated rings. The number of rotatable bonds is 4. The molecular formula is C10H17N3O2. The predicted octanol–water partition coefficient (Wildman–Crippen LogP) is 1.03. The van der Waals surface area contributed by atoms with Gasteiger partial charge >= 0.3 is 5.97 Å². The first kappa shape index (κ1) is 11.7. The average Bonchev–Trinajstić information content (AvgIpc) is 2.66. The number of aromatic nitrogens is 2. The molecule has 0 aliphatic heterocycles. The molecule has 0 aliphatic carbocycles. The fourth-order valence-electron chi connectivity index (χ4n) is 1.21. The number of ether oxygens (including phenoxy) is 1. The van der Waals surface area contributed by atoms with Crippen LogP contribution >= 0.6 is 0 Å². The van der Waals surface area contributed by atoms with Gasteiger partial charge in [-0.2, -0.15) is 5.10 Å². The molecule has 0 bridgehead atoms. The number of methoxy groups -OCH3 is 1. The maximum Gasteiger partial charge on any atom is 0.307 e. The van der Waals surface area contributed by atoms with Crippen LogP contribution in [0.25, 0.3) is 0 Å². The minimum absolute atomic E-state index is 0.181. The molecule has 1 heterocycles. The topological polar surface area (TPSA) is 70.1 Å². The zero-order valence-corrected chi connectivity index (χ0v) is 9.30. The molecule has 15 heavy (non-hydrogen) atoms. The van der Waals surface area contributed by atoms with Gasteiger partial charge in [0.05, 0.1) is 19.7 Å². The van der Waals surface area contributed by atoms with Crippen LogP contribution in [-0.4, -0.2) is 22.9 Å². The third-order valence-corrected chi connectivity index (χ3v) is 2.19. The van der Waals surface area contributed by atoms with E-state index in [1.165, 1.54) is 7.11 Å². The molecule has 1 aromatic rings. The van der Waals surface area contributed by atoms with Crippen molar-refractivity contribution in [2.75, 3.05) is 7.11 Å². The van der Waals surface area contributed by atoms with E-state index >= 15 is 0 Å². The van der Waals surface area contributed by atoms with Crippen LogP contribution in [0.4, 0.5) is 0 Å². The van der Waals surface area contributed by atoms with Gasteiger partial charge in [-0.3, -0.25) is 9.48 Å². The molecule has 5 heteroatoms. The number of nitrogens with zero attached hydrogens (tertiary/aromatic N) is 2. The van der Waals surface area contributed by atoms with E-state index in [1.54, 1.807) is 6.20 Å². The maximum absolute atomic E-state index is 11.0. The van der Waals surface area contributed by atoms with E-state index < -0.39 is 0 Å². The summed E-state index contributed by atoms with van der Waals surface area (Å²) in [5.41, 5.74) is 6.69. The van der Waals surface area contributed by atoms with E-state index in [2.05, 4.69) is 9.84 Å². The minimum atomic E-state index is -0.343. The van der Waals surface area contributed by atoms with Gasteiger partial charge in [0.15, 0.2) is 0 Å². The Labute approximate surface area is 89.2 Å². The van der Waals surface area contributed by atoms with Gasteiger partial charge in [-0.1, -0.05) is 0 Å². The number of hydrogen-bond acceptors (Lipinski definition) is 4. The summed E-state index contributed by atoms with van der Waals surface area (Å²) in [6, 6.07) is -0.0472. The van der Waals surface area contributed by atoms with Crippen molar-refractivity contribution in [1.82, 2.24) is 9.78 Å². The molecule has 0 saturated carbocycles. The Kier molecular flexibility index (Phi) is 3.85. The molecule has 1 atom stereocenters. The molecule has 0 aromatic carbocycles. The number of nitrogens with two attached hydrogens (primary N) is 1. The lowest BCUT2D eigenvalue weighted by atomic mass is 10.1. The standard InChI is InChI=1S/C10H17N3O2/c1-7(2)13-6-8(5-12-13)9(11)4-10(14)15-3/h5-7,9H,4,11H2,1-3H3/t9-/m0/s1. The SMILES string of the molecule is COC(=O)C[C@H](N)c1cnn(C(C)C)c1. The third-order valence-electron chi connectivity index (χ3n) is 2.19. The second-order valence-electron chi connectivity index (χ2n) is 3.73. The van der Waals surface area contributed by atoms with Gasteiger partial charge in [0.25, 0.3) is 0 Å². The molecule has 5 nitrogen and oxygen atoms in total. The van der Waals surface area contributed by atoms with E-state index in [0.717, 1.165) is 5.56 Å². The molecule has 0 radical (unpaired) electrons. The number of esters is 1. The minimum Gasteiger partial charge on any atom is -0.469 e. The highest BCUT2D eigenvalue weighted by Crippen LogP contribution is 2.15. The molecule has 84 valence electrons. The summed E-state index contributed by atoms with van der Waals surface area (Å²) in [4.78, 5) is 11.0. The van der Waals surface area contributed by atoms with Crippen molar-refractivity contribution in [2.24, 2.45) is 5.73 Å². The quantitative estimate of drug-likeness (QED) is 0.755. The Hall–Kier alpha value is -1.36. The molecule has 0 spiro atoms. The van der Waals surface area contributed by atoms with Crippen LogP contribution in [0.5, 0.6) is 0 Å². The Morgan fingerprint density at radius 3 is 2.80 bits per heavy atom. The fourth-order valence-corrected chi connectivity index (χ4v) is 1.21. The van der Waals surface area contributed by atoms with Gasteiger partial charge < -0.3 is 10.5 Å². The van der Waals surface area contributed by atoms with Crippen LogP contribution < -0.4 is 5.73 Å². The first-order valence-electron chi connectivity index (χ1n) is 4.91. The largest absolute Gasteiger partial charge is 0.469 e. The van der Waals surface area contributed by atoms with Crippen LogP contribution in [0.1, 0.15) is 37.9 Å². The first-order valence-corrected chi connectivity index (χ1v) is 4.91. The summed E-state index contributed by atoms with van der Waals surface area (Å²) in [7, 11) is 1.35. The van der Waals surface area contributed by atoms with Gasteiger partial charge in [0.1, 0.15) is 0 Å². The van der Waals surface area contributed by atoms with Crippen LogP contribution in [0, 0.1) is 0 Å². The molecular weight excluding hydrogens is 194 g/mol. The van der Waals surface area contributed by atoms with Crippen molar-refractivity contribution >= 4 is 5.97 Å². The smallest absolute Gasteiger partial charge is 0.307 e. The highest BCUT2D eigenvalue weighted by molar-refractivity contribution is 5.70. The highest BCUT2D eigenvalue weighted by Gasteiger charge is 2.14. The van der Waals surface area contributed by atoms with Gasteiger partial charge in [0, 0.05) is 23.8 Å². The third kappa shape index (κ3) is 3.06. The van der Waals surface area contributed by atoms with E-state index in [9.17, 15) is 4.79 Å². The molecule has 2 N–H and O–H groups in total. The first-order chi connectivity index (χ1) is 7.04. The zero-order valence-electron chi connectivity index (χ0n) is 9.30. The van der Waals surface area contributed by atoms with Crippen LogP contribution in [0.3, 0.4) is 0 Å². The van der Waals surface area contributed by atoms with Gasteiger partial charge in [0.2, 0.25) is 0 Å². The van der Waals surface area contributed by atoms with Gasteiger partial charge in [-0.25, -0.2) is 0 Å². The molecule has 0 aliphatic rings. The fraction of sp³-hybridized carbons (Fsp3) is 0.600. The van der Waals surface area contributed by atoms with Crippen molar-refractivity contribution < 1.29 is 9.53 Å². The Morgan fingerprint density at radius 1 is 1.67 bits per heavy atom. The Balaban J connectivity index is 2.65. The second kappa shape index (κ2) is 4.93. The second-order valence-corrected chi connectivity index (χ2v) is 3.73. The van der Waals surface area contributed by atoms with E-state index in [0.29, 0.717) is 6.04 Å². The van der Waals surface area contributed by atoms with Crippen molar-refractivity contribution in [3.05, 3.63) is 18.0 Å². The Bertz CT molecular complexity index is 333. The lowest BCUT2D eigenvalue weighted by Crippen LogP contribution is -2.15. The lowest BCUT2D eigenvalue weighted by molar-refractivity contribution is -0.141. The summed E-state index contributed by atoms with van der Waals surface area (Å²) >= 11 is 0. The predicted molar refractivity (Wildman–Crippen MR) is 56.2 cm³/mol. The highest BCUT2D eigenvalue weighted by atomic mass is 16.5. The van der Waals surface area contributed by atoms with Crippen LogP contribution in [-0.2, 0) is 9.53 Å². The van der Waals surface area contributed by atoms with Crippen LogP contribution in [0.2, 0.25) is 0 Å². The summed E-state index contributed by atoms with van der Waals surface area (Å²) < 4.78 is 6.36. The van der Waals surface area contributed by atoms with E-state index in [1.807, 2.05) is 24.7 Å². The van der Waals surface area contributed by atoms with Gasteiger partial charge in [-0.15, -0.1) is 0 Å². The van der Waals surface area contributed by atoms with Crippen molar-refractivity contribution in [2.45, 2.75) is 32.4 Å². The number of carbonyl (C=O) groups excluding carboxylic acids is 1. The van der Waals surface area contributed by atoms with Crippen molar-refractivity contribution in [3.63, 3.8) is 0 Å². The summed E-state index contributed by atoms with van der Waals surface area (Å²) in [5, 5.41) is 4.15. The lowest BCUT2D eigenvalue weighted by Gasteiger charge is -2.07. The molecule has 0 saturated heterocycles. The van der Waals surface area contributed by atoms with E-state index in [4.69, 9.17) is 5.73 Å². The Morgan fingerprint density at radius 2 is 2.33 bits per heavy atom. The van der Waals surface area contributed by atoms with Crippen molar-refractivity contribution in [1.29, 1.82) is 0 Å². The van der Waals surface area contributed by atoms with E-state index in [-0.39, 0.29) is 18.4 Å². The summed E-state index contributed by atoms with van der Waals surface area (Å²) in [6.45, 7) is 4.06. The van der Waals surface area contributed by atoms with Crippen molar-refractivity contribution in [3.8, 4) is 0 Å². The van der Waals surface area contributed by atoms with Crippen LogP contribution in [0.15, 0.2) is 12.4 Å². The molecule has 1 aromatic heterocycles.